The van der Waals surface area contributed by atoms with Crippen LogP contribution in [0.15, 0.2) is 27.5 Å². The summed E-state index contributed by atoms with van der Waals surface area (Å²) in [5.41, 5.74) is -0.189. The molecule has 21 heavy (non-hydrogen) atoms. The number of rotatable bonds is 6. The summed E-state index contributed by atoms with van der Waals surface area (Å²) in [6, 6.07) is 4.20. The summed E-state index contributed by atoms with van der Waals surface area (Å²) in [6.07, 6.45) is 2.01. The summed E-state index contributed by atoms with van der Waals surface area (Å²) in [4.78, 5) is 24.9. The molecule has 1 amide bonds. The molecule has 0 radical (unpaired) electrons. The number of aromatic amines is 1. The molecule has 1 aliphatic carbocycles. The first-order chi connectivity index (χ1) is 10.1. The van der Waals surface area contributed by atoms with Gasteiger partial charge in [0.1, 0.15) is 0 Å². The van der Waals surface area contributed by atoms with Crippen LogP contribution in [0.1, 0.15) is 30.7 Å². The molecule has 1 saturated carbocycles. The zero-order chi connectivity index (χ0) is 14.8. The number of carbonyl (C=O) groups excluding carboxylic acids is 1. The van der Waals surface area contributed by atoms with E-state index in [4.69, 9.17) is 0 Å². The van der Waals surface area contributed by atoms with Crippen LogP contribution in [0.5, 0.6) is 0 Å². The average molecular weight is 324 g/mol. The van der Waals surface area contributed by atoms with Crippen LogP contribution in [0.25, 0.3) is 0 Å². The molecular weight excluding hydrogens is 308 g/mol. The fourth-order valence-corrected chi connectivity index (χ4v) is 3.57. The standard InChI is InChI=1S/C13H16N4O2S2/c1-8(11(18)14-7-10-3-2-6-20-10)21-13-16-15-12(19)17(13)9-4-5-9/h2-3,6,8-9H,4-5,7H2,1H3,(H,14,18)(H,15,19)/t8-/m0/s1. The predicted octanol–water partition coefficient (Wildman–Crippen LogP) is 1.76. The molecular formula is C13H16N4O2S2. The minimum Gasteiger partial charge on any atom is -0.350 e. The number of hydrogen-bond acceptors (Lipinski definition) is 5. The van der Waals surface area contributed by atoms with E-state index in [0.29, 0.717) is 11.7 Å². The normalized spacial score (nSPS) is 15.9. The number of amides is 1. The van der Waals surface area contributed by atoms with E-state index in [1.165, 1.54) is 11.8 Å². The van der Waals surface area contributed by atoms with Gasteiger partial charge >= 0.3 is 5.69 Å². The minimum absolute atomic E-state index is 0.0498. The minimum atomic E-state index is -0.294. The van der Waals surface area contributed by atoms with Crippen LogP contribution in [0.3, 0.4) is 0 Å². The highest BCUT2D eigenvalue weighted by Crippen LogP contribution is 2.36. The van der Waals surface area contributed by atoms with Crippen LogP contribution in [0.4, 0.5) is 0 Å². The topological polar surface area (TPSA) is 79.8 Å². The largest absolute Gasteiger partial charge is 0.350 e. The van der Waals surface area contributed by atoms with Crippen molar-refractivity contribution in [1.29, 1.82) is 0 Å². The van der Waals surface area contributed by atoms with E-state index in [0.717, 1.165) is 17.7 Å². The summed E-state index contributed by atoms with van der Waals surface area (Å²) >= 11 is 2.93. The lowest BCUT2D eigenvalue weighted by Gasteiger charge is -2.11. The van der Waals surface area contributed by atoms with Crippen molar-refractivity contribution in [1.82, 2.24) is 20.1 Å². The lowest BCUT2D eigenvalue weighted by atomic mass is 10.4. The Morgan fingerprint density at radius 2 is 2.48 bits per heavy atom. The molecule has 6 nitrogen and oxygen atoms in total. The summed E-state index contributed by atoms with van der Waals surface area (Å²) in [7, 11) is 0. The molecule has 0 spiro atoms. The van der Waals surface area contributed by atoms with Crippen LogP contribution >= 0.6 is 23.1 Å². The molecule has 0 aromatic carbocycles. The zero-order valence-corrected chi connectivity index (χ0v) is 13.2. The van der Waals surface area contributed by atoms with Crippen molar-refractivity contribution in [3.05, 3.63) is 32.9 Å². The molecule has 2 heterocycles. The van der Waals surface area contributed by atoms with E-state index >= 15 is 0 Å². The summed E-state index contributed by atoms with van der Waals surface area (Å²) in [5, 5.41) is 11.7. The Hall–Kier alpha value is -1.54. The Balaban J connectivity index is 1.59. The van der Waals surface area contributed by atoms with Crippen LogP contribution in [0.2, 0.25) is 0 Å². The highest BCUT2D eigenvalue weighted by molar-refractivity contribution is 8.00. The Morgan fingerprint density at radius 3 is 3.14 bits per heavy atom. The van der Waals surface area contributed by atoms with Crippen LogP contribution in [-0.4, -0.2) is 25.9 Å². The fourth-order valence-electron chi connectivity index (χ4n) is 1.97. The molecule has 2 aromatic heterocycles. The molecule has 8 heteroatoms. The molecule has 0 aliphatic heterocycles. The van der Waals surface area contributed by atoms with Gasteiger partial charge < -0.3 is 5.32 Å². The third kappa shape index (κ3) is 3.38. The molecule has 112 valence electrons. The Kier molecular flexibility index (Phi) is 4.16. The van der Waals surface area contributed by atoms with E-state index in [9.17, 15) is 9.59 Å². The van der Waals surface area contributed by atoms with Crippen molar-refractivity contribution < 1.29 is 4.79 Å². The number of H-pyrrole nitrogens is 1. The second-order valence-corrected chi connectivity index (χ2v) is 7.31. The van der Waals surface area contributed by atoms with Crippen molar-refractivity contribution in [2.45, 2.75) is 42.8 Å². The van der Waals surface area contributed by atoms with Gasteiger partial charge in [0.25, 0.3) is 0 Å². The summed E-state index contributed by atoms with van der Waals surface area (Å²) in [5.74, 6) is -0.0498. The SMILES string of the molecule is C[C@H](Sc1n[nH]c(=O)n1C1CC1)C(=O)NCc1cccs1. The first-order valence-corrected chi connectivity index (χ1v) is 8.54. The zero-order valence-electron chi connectivity index (χ0n) is 11.5. The highest BCUT2D eigenvalue weighted by atomic mass is 32.2. The molecule has 2 aromatic rings. The Morgan fingerprint density at radius 1 is 1.67 bits per heavy atom. The smallest absolute Gasteiger partial charge is 0.344 e. The van der Waals surface area contributed by atoms with E-state index in [1.54, 1.807) is 15.9 Å². The maximum absolute atomic E-state index is 12.1. The third-order valence-electron chi connectivity index (χ3n) is 3.25. The summed E-state index contributed by atoms with van der Waals surface area (Å²) in [6.45, 7) is 2.36. The number of aromatic nitrogens is 3. The molecule has 0 bridgehead atoms. The maximum Gasteiger partial charge on any atom is 0.344 e. The quantitative estimate of drug-likeness (QED) is 0.794. The van der Waals surface area contributed by atoms with Crippen molar-refractivity contribution in [2.24, 2.45) is 0 Å². The molecule has 1 atom stereocenters. The van der Waals surface area contributed by atoms with Gasteiger partial charge in [0.15, 0.2) is 5.16 Å². The van der Waals surface area contributed by atoms with Crippen molar-refractivity contribution >= 4 is 29.0 Å². The number of thioether (sulfide) groups is 1. The Bertz CT molecular complexity index is 673. The lowest BCUT2D eigenvalue weighted by molar-refractivity contribution is -0.120. The number of hydrogen-bond donors (Lipinski definition) is 2. The van der Waals surface area contributed by atoms with Gasteiger partial charge in [-0.15, -0.1) is 16.4 Å². The van der Waals surface area contributed by atoms with Gasteiger partial charge in [-0.05, 0) is 31.2 Å². The highest BCUT2D eigenvalue weighted by Gasteiger charge is 2.30. The van der Waals surface area contributed by atoms with Crippen molar-refractivity contribution in [3.8, 4) is 0 Å². The van der Waals surface area contributed by atoms with E-state index < -0.39 is 0 Å². The van der Waals surface area contributed by atoms with Gasteiger partial charge in [-0.3, -0.25) is 9.36 Å². The van der Waals surface area contributed by atoms with Gasteiger partial charge in [-0.25, -0.2) is 9.89 Å². The number of nitrogens with zero attached hydrogens (tertiary/aromatic N) is 2. The number of carbonyl (C=O) groups is 1. The first kappa shape index (κ1) is 14.4. The number of nitrogens with one attached hydrogen (secondary N) is 2. The van der Waals surface area contributed by atoms with E-state index in [-0.39, 0.29) is 22.9 Å². The second-order valence-electron chi connectivity index (χ2n) is 4.97. The summed E-state index contributed by atoms with van der Waals surface area (Å²) < 4.78 is 1.66. The number of thiophene rings is 1. The predicted molar refractivity (Wildman–Crippen MR) is 82.6 cm³/mol. The van der Waals surface area contributed by atoms with Crippen LogP contribution < -0.4 is 11.0 Å². The monoisotopic (exact) mass is 324 g/mol. The molecule has 1 aliphatic rings. The molecule has 0 unspecified atom stereocenters. The van der Waals surface area contributed by atoms with Gasteiger partial charge in [-0.1, -0.05) is 17.8 Å². The average Bonchev–Trinajstić information content (AvgIpc) is 3.03. The Labute approximate surface area is 130 Å². The molecule has 0 saturated heterocycles. The first-order valence-electron chi connectivity index (χ1n) is 6.79. The van der Waals surface area contributed by atoms with Crippen LogP contribution in [-0.2, 0) is 11.3 Å². The van der Waals surface area contributed by atoms with Gasteiger partial charge in [0.2, 0.25) is 5.91 Å². The second kappa shape index (κ2) is 6.07. The maximum atomic E-state index is 12.1. The van der Waals surface area contributed by atoms with Crippen molar-refractivity contribution in [2.75, 3.05) is 0 Å². The molecule has 2 N–H and O–H groups in total. The van der Waals surface area contributed by atoms with E-state index in [1.807, 2.05) is 24.4 Å². The van der Waals surface area contributed by atoms with Gasteiger partial charge in [0, 0.05) is 10.9 Å². The fraction of sp³-hybridized carbons (Fsp3) is 0.462. The molecule has 3 rings (SSSR count). The van der Waals surface area contributed by atoms with Gasteiger partial charge in [-0.2, -0.15) is 0 Å². The van der Waals surface area contributed by atoms with Crippen molar-refractivity contribution in [3.63, 3.8) is 0 Å². The lowest BCUT2D eigenvalue weighted by Crippen LogP contribution is -2.30. The van der Waals surface area contributed by atoms with Gasteiger partial charge in [0.05, 0.1) is 11.8 Å². The molecule has 1 fully saturated rings. The van der Waals surface area contributed by atoms with E-state index in [2.05, 4.69) is 15.5 Å². The third-order valence-corrected chi connectivity index (χ3v) is 5.20. The van der Waals surface area contributed by atoms with Crippen LogP contribution in [0, 0.1) is 0 Å².